The quantitative estimate of drug-likeness (QED) is 0.566. The average Bonchev–Trinajstić information content (AvgIpc) is 3.18. The zero-order valence-electron chi connectivity index (χ0n) is 16.2. The van der Waals surface area contributed by atoms with Crippen molar-refractivity contribution in [2.45, 2.75) is 33.3 Å². The van der Waals surface area contributed by atoms with Gasteiger partial charge in [0.25, 0.3) is 0 Å². The van der Waals surface area contributed by atoms with E-state index in [2.05, 4.69) is 10.3 Å². The molecular formula is C21H23N3O3S. The van der Waals surface area contributed by atoms with Gasteiger partial charge in [0.05, 0.1) is 16.9 Å². The predicted octanol–water partition coefficient (Wildman–Crippen LogP) is 4.00. The van der Waals surface area contributed by atoms with Crippen LogP contribution in [-0.2, 0) is 22.6 Å². The lowest BCUT2D eigenvalue weighted by molar-refractivity contribution is -0.116. The van der Waals surface area contributed by atoms with Crippen LogP contribution in [0.25, 0.3) is 5.57 Å². The van der Waals surface area contributed by atoms with Crippen molar-refractivity contribution < 1.29 is 14.3 Å². The summed E-state index contributed by atoms with van der Waals surface area (Å²) in [6, 6.07) is 3.95. The highest BCUT2D eigenvalue weighted by Gasteiger charge is 2.21. The fraction of sp³-hybridized carbons (Fsp3) is 0.286. The molecule has 7 heteroatoms. The minimum atomic E-state index is -0.0143. The normalized spacial score (nSPS) is 13.4. The molecule has 28 heavy (non-hydrogen) atoms. The summed E-state index contributed by atoms with van der Waals surface area (Å²) < 4.78 is 6.02. The van der Waals surface area contributed by atoms with E-state index in [1.807, 2.05) is 37.4 Å². The summed E-state index contributed by atoms with van der Waals surface area (Å²) in [6.45, 7) is 4.34. The Kier molecular flexibility index (Phi) is 6.26. The Balaban J connectivity index is 2.04. The van der Waals surface area contributed by atoms with Crippen LogP contribution < -0.4 is 10.1 Å². The molecule has 0 saturated carbocycles. The fourth-order valence-corrected chi connectivity index (χ4v) is 3.50. The molecule has 0 radical (unpaired) electrons. The first-order chi connectivity index (χ1) is 13.5. The van der Waals surface area contributed by atoms with Gasteiger partial charge in [0.1, 0.15) is 12.4 Å². The van der Waals surface area contributed by atoms with Crippen LogP contribution >= 0.6 is 11.3 Å². The minimum absolute atomic E-state index is 0.0143. The van der Waals surface area contributed by atoms with E-state index in [-0.39, 0.29) is 5.91 Å². The molecule has 2 heterocycles. The molecule has 2 amide bonds. The van der Waals surface area contributed by atoms with Crippen LogP contribution in [0.1, 0.15) is 37.1 Å². The molecule has 0 saturated heterocycles. The molecule has 0 unspecified atom stereocenters. The number of fused-ring (bicyclic) bond motifs is 1. The van der Waals surface area contributed by atoms with Crippen LogP contribution in [0.2, 0.25) is 0 Å². The Morgan fingerprint density at radius 1 is 1.36 bits per heavy atom. The largest absolute Gasteiger partial charge is 0.485 e. The predicted molar refractivity (Wildman–Crippen MR) is 111 cm³/mol. The van der Waals surface area contributed by atoms with E-state index < -0.39 is 0 Å². The molecule has 0 aliphatic carbocycles. The molecule has 1 aromatic carbocycles. The van der Waals surface area contributed by atoms with E-state index in [1.54, 1.807) is 18.8 Å². The van der Waals surface area contributed by atoms with E-state index in [0.717, 1.165) is 40.1 Å². The van der Waals surface area contributed by atoms with Crippen molar-refractivity contribution in [2.24, 2.45) is 0 Å². The Bertz CT molecular complexity index is 929. The Morgan fingerprint density at radius 3 is 2.86 bits per heavy atom. The number of benzene rings is 1. The zero-order valence-corrected chi connectivity index (χ0v) is 17.0. The molecule has 1 aromatic heterocycles. The Hall–Kier alpha value is -2.93. The smallest absolute Gasteiger partial charge is 0.224 e. The van der Waals surface area contributed by atoms with E-state index in [0.29, 0.717) is 25.2 Å². The lowest BCUT2D eigenvalue weighted by Gasteiger charge is -2.22. The summed E-state index contributed by atoms with van der Waals surface area (Å²) in [5.74, 6) is 0.592. The minimum Gasteiger partial charge on any atom is -0.485 e. The highest BCUT2D eigenvalue weighted by Crippen LogP contribution is 2.37. The summed E-state index contributed by atoms with van der Waals surface area (Å²) in [6.07, 6.45) is 5.66. The first-order valence-corrected chi connectivity index (χ1v) is 9.91. The molecule has 1 aliphatic heterocycles. The molecule has 0 bridgehead atoms. The fourth-order valence-electron chi connectivity index (χ4n) is 2.96. The van der Waals surface area contributed by atoms with Gasteiger partial charge in [-0.3, -0.25) is 9.59 Å². The van der Waals surface area contributed by atoms with Crippen molar-refractivity contribution in [2.75, 3.05) is 12.4 Å². The van der Waals surface area contributed by atoms with Crippen LogP contribution in [0.5, 0.6) is 5.75 Å². The second-order valence-corrected chi connectivity index (χ2v) is 7.62. The molecule has 6 nitrogen and oxygen atoms in total. The first-order valence-electron chi connectivity index (χ1n) is 8.97. The monoisotopic (exact) mass is 397 g/mol. The van der Waals surface area contributed by atoms with Crippen molar-refractivity contribution in [3.63, 3.8) is 0 Å². The number of allylic oxidation sites excluding steroid dienone is 3. The maximum Gasteiger partial charge on any atom is 0.224 e. The molecule has 2 aromatic rings. The van der Waals surface area contributed by atoms with Crippen molar-refractivity contribution in [1.82, 2.24) is 9.88 Å². The number of aromatic nitrogens is 1. The van der Waals surface area contributed by atoms with Gasteiger partial charge in [-0.25, -0.2) is 4.98 Å². The van der Waals surface area contributed by atoms with Gasteiger partial charge in [0, 0.05) is 25.0 Å². The number of amides is 2. The maximum atomic E-state index is 11.9. The first kappa shape index (κ1) is 19.8. The molecule has 1 N–H and O–H groups in total. The highest BCUT2D eigenvalue weighted by molar-refractivity contribution is 7.07. The molecule has 1 aliphatic rings. The van der Waals surface area contributed by atoms with Crippen LogP contribution in [0.3, 0.4) is 0 Å². The van der Waals surface area contributed by atoms with Gasteiger partial charge in [-0.1, -0.05) is 11.6 Å². The van der Waals surface area contributed by atoms with Crippen LogP contribution in [0.15, 0.2) is 40.9 Å². The third-order valence-electron chi connectivity index (χ3n) is 4.22. The summed E-state index contributed by atoms with van der Waals surface area (Å²) in [5.41, 5.74) is 7.28. The van der Waals surface area contributed by atoms with E-state index in [4.69, 9.17) is 4.74 Å². The number of nitrogens with zero attached hydrogens (tertiary/aromatic N) is 2. The number of hydrogen-bond acceptors (Lipinski definition) is 5. The van der Waals surface area contributed by atoms with Gasteiger partial charge < -0.3 is 15.0 Å². The van der Waals surface area contributed by atoms with Crippen LogP contribution in [0, 0.1) is 0 Å². The number of aryl methyl sites for hydroxylation is 1. The van der Waals surface area contributed by atoms with Gasteiger partial charge in [-0.15, -0.1) is 11.3 Å². The van der Waals surface area contributed by atoms with E-state index >= 15 is 0 Å². The lowest BCUT2D eigenvalue weighted by Crippen LogP contribution is -2.20. The number of rotatable bonds is 7. The van der Waals surface area contributed by atoms with Crippen molar-refractivity contribution in [3.8, 4) is 5.75 Å². The number of thiazole rings is 1. The molecule has 146 valence electrons. The Morgan fingerprint density at radius 2 is 2.18 bits per heavy atom. The van der Waals surface area contributed by atoms with E-state index in [1.165, 1.54) is 16.2 Å². The third kappa shape index (κ3) is 4.86. The van der Waals surface area contributed by atoms with Crippen LogP contribution in [-0.4, -0.2) is 29.2 Å². The number of nitrogens with one attached hydrogen (secondary N) is 1. The number of hydrogen-bond donors (Lipinski definition) is 1. The molecular weight excluding hydrogens is 374 g/mol. The van der Waals surface area contributed by atoms with Crippen molar-refractivity contribution in [3.05, 3.63) is 57.7 Å². The van der Waals surface area contributed by atoms with Crippen molar-refractivity contribution in [1.29, 1.82) is 0 Å². The summed E-state index contributed by atoms with van der Waals surface area (Å²) in [5, 5.41) is 4.87. The average molecular weight is 398 g/mol. The SMILES string of the molecule is CC(C)=C/C(=C\N(C)C=O)c1cc2c(c(OCc3cscn3)c1)NC(=O)CC2. The maximum absolute atomic E-state index is 11.9. The Labute approximate surface area is 168 Å². The van der Waals surface area contributed by atoms with E-state index in [9.17, 15) is 9.59 Å². The number of anilines is 1. The van der Waals surface area contributed by atoms with Gasteiger partial charge in [-0.2, -0.15) is 0 Å². The third-order valence-corrected chi connectivity index (χ3v) is 4.85. The van der Waals surface area contributed by atoms with Gasteiger partial charge in [0.15, 0.2) is 0 Å². The molecule has 0 fully saturated rings. The summed E-state index contributed by atoms with van der Waals surface area (Å²) in [4.78, 5) is 28.7. The number of carbonyl (C=O) groups excluding carboxylic acids is 2. The number of carbonyl (C=O) groups is 2. The standard InChI is InChI=1S/C21H23N3O3S/c1-14(2)6-17(9-24(3)13-25)16-7-15-4-5-20(26)23-21(15)19(8-16)27-10-18-11-28-12-22-18/h6-9,11-13H,4-5,10H2,1-3H3,(H,23,26)/b17-9+. The number of ether oxygens (including phenoxy) is 1. The van der Waals surface area contributed by atoms with Gasteiger partial charge in [0.2, 0.25) is 12.3 Å². The molecule has 0 atom stereocenters. The zero-order chi connectivity index (χ0) is 20.1. The summed E-state index contributed by atoms with van der Waals surface area (Å²) in [7, 11) is 1.70. The highest BCUT2D eigenvalue weighted by atomic mass is 32.1. The molecule has 0 spiro atoms. The topological polar surface area (TPSA) is 71.5 Å². The van der Waals surface area contributed by atoms with Gasteiger partial charge in [-0.05, 0) is 49.1 Å². The van der Waals surface area contributed by atoms with Gasteiger partial charge >= 0.3 is 0 Å². The lowest BCUT2D eigenvalue weighted by atomic mass is 9.95. The van der Waals surface area contributed by atoms with Crippen molar-refractivity contribution >= 4 is 34.9 Å². The molecule has 3 rings (SSSR count). The second-order valence-electron chi connectivity index (χ2n) is 6.90. The second kappa shape index (κ2) is 8.84. The van der Waals surface area contributed by atoms with Crippen LogP contribution in [0.4, 0.5) is 5.69 Å². The summed E-state index contributed by atoms with van der Waals surface area (Å²) >= 11 is 1.51.